The fourth-order valence-electron chi connectivity index (χ4n) is 4.78. The number of benzene rings is 1. The van der Waals surface area contributed by atoms with Gasteiger partial charge in [0.1, 0.15) is 5.82 Å². The molecule has 0 amide bonds. The molecule has 1 aromatic carbocycles. The van der Waals surface area contributed by atoms with Gasteiger partial charge in [-0.1, -0.05) is 37.5 Å². The molecule has 1 aliphatic carbocycles. The number of aromatic nitrogens is 1. The highest BCUT2D eigenvalue weighted by Gasteiger charge is 2.35. The zero-order valence-electron chi connectivity index (χ0n) is 17.5. The standard InChI is InChI=1S/C24H33FN4/c1-28-13-15-29(16-14-28)19-21-17-20(9-12-26-21)18-27-24(10-5-2-6-11-24)22-7-3-4-8-23(22)25/h3-4,7-9,12,17,27H,2,5-6,10-11,13-16,18-19H2,1H3. The molecular weight excluding hydrogens is 363 g/mol. The van der Waals surface area contributed by atoms with Gasteiger partial charge in [-0.05, 0) is 43.7 Å². The third kappa shape index (κ3) is 5.03. The van der Waals surface area contributed by atoms with Crippen LogP contribution in [0, 0.1) is 5.82 Å². The normalized spacial score (nSPS) is 20.6. The van der Waals surface area contributed by atoms with Gasteiger partial charge in [0.15, 0.2) is 0 Å². The molecule has 1 saturated heterocycles. The quantitative estimate of drug-likeness (QED) is 0.802. The zero-order valence-corrected chi connectivity index (χ0v) is 17.5. The summed E-state index contributed by atoms with van der Waals surface area (Å²) < 4.78 is 14.6. The van der Waals surface area contributed by atoms with E-state index < -0.39 is 0 Å². The predicted octanol–water partition coefficient (Wildman–Crippen LogP) is 3.92. The van der Waals surface area contributed by atoms with E-state index >= 15 is 0 Å². The van der Waals surface area contributed by atoms with Gasteiger partial charge in [-0.2, -0.15) is 0 Å². The van der Waals surface area contributed by atoms with Gasteiger partial charge in [0.05, 0.1) is 5.69 Å². The van der Waals surface area contributed by atoms with E-state index in [-0.39, 0.29) is 11.4 Å². The Morgan fingerprint density at radius 1 is 1.03 bits per heavy atom. The summed E-state index contributed by atoms with van der Waals surface area (Å²) in [5.74, 6) is -0.0904. The number of nitrogens with one attached hydrogen (secondary N) is 1. The molecule has 2 heterocycles. The van der Waals surface area contributed by atoms with Crippen LogP contribution in [0.3, 0.4) is 0 Å². The van der Waals surface area contributed by atoms with Crippen molar-refractivity contribution in [3.8, 4) is 0 Å². The van der Waals surface area contributed by atoms with E-state index in [9.17, 15) is 4.39 Å². The van der Waals surface area contributed by atoms with Crippen LogP contribution in [-0.4, -0.2) is 48.0 Å². The molecule has 2 aliphatic rings. The lowest BCUT2D eigenvalue weighted by Gasteiger charge is -2.39. The second kappa shape index (κ2) is 9.33. The van der Waals surface area contributed by atoms with E-state index in [0.717, 1.165) is 76.2 Å². The van der Waals surface area contributed by atoms with Crippen LogP contribution < -0.4 is 5.32 Å². The van der Waals surface area contributed by atoms with E-state index in [1.165, 1.54) is 12.0 Å². The Hall–Kier alpha value is -1.82. The summed E-state index contributed by atoms with van der Waals surface area (Å²) in [7, 11) is 2.18. The zero-order chi connectivity index (χ0) is 20.1. The summed E-state index contributed by atoms with van der Waals surface area (Å²) in [5, 5.41) is 3.76. The smallest absolute Gasteiger partial charge is 0.128 e. The monoisotopic (exact) mass is 396 g/mol. The van der Waals surface area contributed by atoms with Gasteiger partial charge >= 0.3 is 0 Å². The van der Waals surface area contributed by atoms with Crippen LogP contribution >= 0.6 is 0 Å². The van der Waals surface area contributed by atoms with Crippen molar-refractivity contribution in [2.75, 3.05) is 33.2 Å². The lowest BCUT2D eigenvalue weighted by atomic mass is 9.76. The maximum absolute atomic E-state index is 14.6. The molecule has 29 heavy (non-hydrogen) atoms. The fraction of sp³-hybridized carbons (Fsp3) is 0.542. The second-order valence-corrected chi connectivity index (χ2v) is 8.71. The molecule has 4 rings (SSSR count). The molecule has 156 valence electrons. The van der Waals surface area contributed by atoms with Crippen molar-refractivity contribution in [3.05, 3.63) is 65.2 Å². The molecule has 4 nitrogen and oxygen atoms in total. The summed E-state index contributed by atoms with van der Waals surface area (Å²) in [6.07, 6.45) is 7.43. The van der Waals surface area contributed by atoms with Crippen LogP contribution in [0.15, 0.2) is 42.6 Å². The number of rotatable bonds is 6. The van der Waals surface area contributed by atoms with Crippen LogP contribution in [0.4, 0.5) is 4.39 Å². The SMILES string of the molecule is CN1CCN(Cc2cc(CNC3(c4ccccc4F)CCCCC3)ccn2)CC1. The summed E-state index contributed by atoms with van der Waals surface area (Å²) in [4.78, 5) is 9.44. The first-order chi connectivity index (χ1) is 14.1. The maximum atomic E-state index is 14.6. The molecule has 2 aromatic rings. The second-order valence-electron chi connectivity index (χ2n) is 8.71. The Morgan fingerprint density at radius 2 is 1.79 bits per heavy atom. The Morgan fingerprint density at radius 3 is 2.55 bits per heavy atom. The molecule has 0 atom stereocenters. The van der Waals surface area contributed by atoms with Crippen molar-refractivity contribution < 1.29 is 4.39 Å². The first kappa shape index (κ1) is 20.5. The summed E-state index contributed by atoms with van der Waals surface area (Å²) in [6, 6.07) is 11.6. The van der Waals surface area contributed by atoms with Gasteiger partial charge in [0.2, 0.25) is 0 Å². The minimum Gasteiger partial charge on any atom is -0.304 e. The van der Waals surface area contributed by atoms with Gasteiger partial charge in [-0.15, -0.1) is 0 Å². The molecule has 0 bridgehead atoms. The van der Waals surface area contributed by atoms with Crippen LogP contribution in [-0.2, 0) is 18.6 Å². The van der Waals surface area contributed by atoms with E-state index in [1.807, 2.05) is 18.3 Å². The van der Waals surface area contributed by atoms with Crippen LogP contribution in [0.1, 0.15) is 48.9 Å². The number of halogens is 1. The number of hydrogen-bond donors (Lipinski definition) is 1. The van der Waals surface area contributed by atoms with Crippen LogP contribution in [0.2, 0.25) is 0 Å². The minimum absolute atomic E-state index is 0.0904. The number of nitrogens with zero attached hydrogens (tertiary/aromatic N) is 3. The summed E-state index contributed by atoms with van der Waals surface area (Å²) >= 11 is 0. The highest BCUT2D eigenvalue weighted by atomic mass is 19.1. The van der Waals surface area contributed by atoms with Crippen LogP contribution in [0.5, 0.6) is 0 Å². The molecule has 1 aliphatic heterocycles. The molecule has 1 saturated carbocycles. The first-order valence-electron chi connectivity index (χ1n) is 11.0. The molecule has 1 aromatic heterocycles. The Balaban J connectivity index is 1.45. The molecule has 0 radical (unpaired) electrons. The van der Waals surface area contributed by atoms with Crippen molar-refractivity contribution in [2.24, 2.45) is 0 Å². The predicted molar refractivity (Wildman–Crippen MR) is 115 cm³/mol. The number of pyridine rings is 1. The highest BCUT2D eigenvalue weighted by Crippen LogP contribution is 2.38. The Bertz CT molecular complexity index is 795. The Labute approximate surface area is 174 Å². The van der Waals surface area contributed by atoms with E-state index in [4.69, 9.17) is 0 Å². The topological polar surface area (TPSA) is 31.4 Å². The summed E-state index contributed by atoms with van der Waals surface area (Å²) in [5.41, 5.74) is 2.92. The average molecular weight is 397 g/mol. The molecule has 1 N–H and O–H groups in total. The van der Waals surface area contributed by atoms with Gasteiger partial charge in [-0.25, -0.2) is 4.39 Å². The average Bonchev–Trinajstić information content (AvgIpc) is 2.75. The van der Waals surface area contributed by atoms with Crippen molar-refractivity contribution in [3.63, 3.8) is 0 Å². The largest absolute Gasteiger partial charge is 0.304 e. The lowest BCUT2D eigenvalue weighted by molar-refractivity contribution is 0.147. The number of piperazine rings is 1. The van der Waals surface area contributed by atoms with E-state index in [2.05, 4.69) is 39.3 Å². The van der Waals surface area contributed by atoms with Crippen molar-refractivity contribution in [2.45, 2.75) is 50.7 Å². The molecular formula is C24H33FN4. The van der Waals surface area contributed by atoms with Gasteiger partial charge < -0.3 is 10.2 Å². The first-order valence-corrected chi connectivity index (χ1v) is 11.0. The van der Waals surface area contributed by atoms with Gasteiger partial charge in [0.25, 0.3) is 0 Å². The van der Waals surface area contributed by atoms with Gasteiger partial charge in [0, 0.05) is 56.6 Å². The number of hydrogen-bond acceptors (Lipinski definition) is 4. The van der Waals surface area contributed by atoms with Crippen molar-refractivity contribution in [1.29, 1.82) is 0 Å². The molecule has 0 spiro atoms. The number of likely N-dealkylation sites (N-methyl/N-ethyl adjacent to an activating group) is 1. The Kier molecular flexibility index (Phi) is 6.58. The van der Waals surface area contributed by atoms with Crippen molar-refractivity contribution >= 4 is 0 Å². The van der Waals surface area contributed by atoms with Gasteiger partial charge in [-0.3, -0.25) is 9.88 Å². The fourth-order valence-corrected chi connectivity index (χ4v) is 4.78. The van der Waals surface area contributed by atoms with E-state index in [1.54, 1.807) is 12.1 Å². The highest BCUT2D eigenvalue weighted by molar-refractivity contribution is 5.28. The minimum atomic E-state index is -0.259. The lowest BCUT2D eigenvalue weighted by Crippen LogP contribution is -2.44. The third-order valence-corrected chi connectivity index (χ3v) is 6.59. The molecule has 2 fully saturated rings. The van der Waals surface area contributed by atoms with Crippen LogP contribution in [0.25, 0.3) is 0 Å². The van der Waals surface area contributed by atoms with Crippen molar-refractivity contribution in [1.82, 2.24) is 20.1 Å². The maximum Gasteiger partial charge on any atom is 0.128 e. The summed E-state index contributed by atoms with van der Waals surface area (Å²) in [6.45, 7) is 6.07. The molecule has 5 heteroatoms. The molecule has 0 unspecified atom stereocenters. The van der Waals surface area contributed by atoms with E-state index in [0.29, 0.717) is 0 Å². The third-order valence-electron chi connectivity index (χ3n) is 6.59.